The zero-order chi connectivity index (χ0) is 16.0. The fourth-order valence-corrected chi connectivity index (χ4v) is 2.82. The van der Waals surface area contributed by atoms with E-state index in [0.29, 0.717) is 5.56 Å². The Hall–Kier alpha value is -1.56. The van der Waals surface area contributed by atoms with Crippen LogP contribution in [0, 0.1) is 0 Å². The second kappa shape index (κ2) is 5.02. The number of halogens is 3. The Labute approximate surface area is 121 Å². The van der Waals surface area contributed by atoms with Gasteiger partial charge in [0, 0.05) is 18.0 Å². The van der Waals surface area contributed by atoms with Crippen molar-refractivity contribution in [2.75, 3.05) is 0 Å². The van der Waals surface area contributed by atoms with E-state index in [1.165, 1.54) is 12.1 Å². The Bertz CT molecular complexity index is 531. The van der Waals surface area contributed by atoms with Gasteiger partial charge in [-0.15, -0.1) is 0 Å². The van der Waals surface area contributed by atoms with Crippen molar-refractivity contribution < 1.29 is 18.0 Å². The summed E-state index contributed by atoms with van der Waals surface area (Å²) in [7, 11) is 0. The minimum Gasteiger partial charge on any atom is -0.329 e. The van der Waals surface area contributed by atoms with E-state index in [2.05, 4.69) is 0 Å². The summed E-state index contributed by atoms with van der Waals surface area (Å²) in [5, 5.41) is 0. The van der Waals surface area contributed by atoms with Gasteiger partial charge in [0.25, 0.3) is 0 Å². The summed E-state index contributed by atoms with van der Waals surface area (Å²) in [5.41, 5.74) is 5.53. The number of carbonyl (C=O) groups excluding carboxylic acids is 1. The normalized spacial score (nSPS) is 23.8. The molecule has 116 valence electrons. The fourth-order valence-electron chi connectivity index (χ4n) is 2.82. The largest absolute Gasteiger partial charge is 0.416 e. The second-order valence-electron chi connectivity index (χ2n) is 6.37. The van der Waals surface area contributed by atoms with Crippen LogP contribution in [-0.2, 0) is 11.0 Å². The molecule has 2 atom stereocenters. The third-order valence-electron chi connectivity index (χ3n) is 3.66. The van der Waals surface area contributed by atoms with Crippen molar-refractivity contribution in [3.05, 3.63) is 35.4 Å². The molecule has 0 aliphatic carbocycles. The van der Waals surface area contributed by atoms with Gasteiger partial charge < -0.3 is 10.6 Å². The maximum absolute atomic E-state index is 12.6. The van der Waals surface area contributed by atoms with Crippen LogP contribution < -0.4 is 5.73 Å². The third kappa shape index (κ3) is 3.05. The molecule has 3 nitrogen and oxygen atoms in total. The van der Waals surface area contributed by atoms with Crippen molar-refractivity contribution in [2.45, 2.75) is 51.0 Å². The second-order valence-corrected chi connectivity index (χ2v) is 6.37. The van der Waals surface area contributed by atoms with Crippen molar-refractivity contribution in [3.8, 4) is 0 Å². The molecule has 0 aromatic heterocycles. The Kier molecular flexibility index (Phi) is 3.78. The molecule has 2 rings (SSSR count). The molecule has 1 aliphatic rings. The molecule has 2 unspecified atom stereocenters. The van der Waals surface area contributed by atoms with Crippen molar-refractivity contribution in [3.63, 3.8) is 0 Å². The summed E-state index contributed by atoms with van der Waals surface area (Å²) in [5.74, 6) is -0.0695. The first kappa shape index (κ1) is 15.8. The number of likely N-dealkylation sites (tertiary alicyclic amines) is 1. The predicted molar refractivity (Wildman–Crippen MR) is 73.4 cm³/mol. The Morgan fingerprint density at radius 1 is 1.14 bits per heavy atom. The standard InChI is InChI=1S/C15H19F3N2O/c1-14(2,3)20-12(21)8-11(19)13(20)9-4-6-10(7-5-9)15(16,17)18/h4-7,11,13H,8,19H2,1-3H3. The summed E-state index contributed by atoms with van der Waals surface area (Å²) in [4.78, 5) is 13.8. The van der Waals surface area contributed by atoms with Gasteiger partial charge in [-0.25, -0.2) is 0 Å². The number of nitrogens with zero attached hydrogens (tertiary/aromatic N) is 1. The topological polar surface area (TPSA) is 46.3 Å². The maximum atomic E-state index is 12.6. The first-order chi connectivity index (χ1) is 9.51. The quantitative estimate of drug-likeness (QED) is 0.866. The van der Waals surface area contributed by atoms with Crippen LogP contribution in [0.3, 0.4) is 0 Å². The molecule has 0 bridgehead atoms. The molecule has 1 aromatic carbocycles. The Morgan fingerprint density at radius 2 is 1.67 bits per heavy atom. The summed E-state index contributed by atoms with van der Waals surface area (Å²) < 4.78 is 37.8. The lowest BCUT2D eigenvalue weighted by molar-refractivity contribution is -0.138. The molecule has 1 fully saturated rings. The van der Waals surface area contributed by atoms with E-state index in [1.807, 2.05) is 20.8 Å². The SMILES string of the molecule is CC(C)(C)N1C(=O)CC(N)C1c1ccc(C(F)(F)F)cc1. The molecule has 1 aromatic rings. The van der Waals surface area contributed by atoms with E-state index in [9.17, 15) is 18.0 Å². The molecule has 2 N–H and O–H groups in total. The summed E-state index contributed by atoms with van der Waals surface area (Å²) in [6.07, 6.45) is -4.15. The number of rotatable bonds is 1. The van der Waals surface area contributed by atoms with Gasteiger partial charge in [-0.2, -0.15) is 13.2 Å². The van der Waals surface area contributed by atoms with Crippen LogP contribution in [0.4, 0.5) is 13.2 Å². The summed E-state index contributed by atoms with van der Waals surface area (Å²) >= 11 is 0. The highest BCUT2D eigenvalue weighted by molar-refractivity contribution is 5.81. The Balaban J connectivity index is 2.37. The van der Waals surface area contributed by atoms with Gasteiger partial charge in [-0.3, -0.25) is 4.79 Å². The van der Waals surface area contributed by atoms with E-state index in [1.54, 1.807) is 4.90 Å². The molecular weight excluding hydrogens is 281 g/mol. The fraction of sp³-hybridized carbons (Fsp3) is 0.533. The smallest absolute Gasteiger partial charge is 0.329 e. The number of benzene rings is 1. The van der Waals surface area contributed by atoms with Crippen LogP contribution in [0.1, 0.15) is 44.4 Å². The summed E-state index contributed by atoms with van der Waals surface area (Å²) in [6, 6.07) is 4.08. The molecule has 1 aliphatic heterocycles. The number of nitrogens with two attached hydrogens (primary N) is 1. The average molecular weight is 300 g/mol. The minimum atomic E-state index is -4.37. The van der Waals surface area contributed by atoms with E-state index in [4.69, 9.17) is 5.73 Å². The molecule has 0 saturated carbocycles. The molecule has 1 amide bonds. The lowest BCUT2D eigenvalue weighted by Gasteiger charge is -2.38. The molecule has 1 saturated heterocycles. The van der Waals surface area contributed by atoms with Crippen molar-refractivity contribution in [1.29, 1.82) is 0 Å². The summed E-state index contributed by atoms with van der Waals surface area (Å²) in [6.45, 7) is 5.67. The van der Waals surface area contributed by atoms with E-state index in [-0.39, 0.29) is 18.4 Å². The van der Waals surface area contributed by atoms with E-state index < -0.39 is 23.3 Å². The number of alkyl halides is 3. The van der Waals surface area contributed by atoms with Crippen molar-refractivity contribution in [2.24, 2.45) is 5.73 Å². The van der Waals surface area contributed by atoms with Gasteiger partial charge in [0.15, 0.2) is 0 Å². The van der Waals surface area contributed by atoms with Gasteiger partial charge in [0.1, 0.15) is 0 Å². The van der Waals surface area contributed by atoms with Crippen molar-refractivity contribution in [1.82, 2.24) is 4.90 Å². The zero-order valence-electron chi connectivity index (χ0n) is 12.2. The monoisotopic (exact) mass is 300 g/mol. The molecule has 6 heteroatoms. The average Bonchev–Trinajstić information content (AvgIpc) is 2.63. The Morgan fingerprint density at radius 3 is 2.10 bits per heavy atom. The van der Waals surface area contributed by atoms with Gasteiger partial charge >= 0.3 is 6.18 Å². The van der Waals surface area contributed by atoms with Crippen LogP contribution in [-0.4, -0.2) is 22.4 Å². The zero-order valence-corrected chi connectivity index (χ0v) is 12.2. The third-order valence-corrected chi connectivity index (χ3v) is 3.66. The molecular formula is C15H19F3N2O. The van der Waals surface area contributed by atoms with Gasteiger partial charge in [-0.05, 0) is 38.5 Å². The maximum Gasteiger partial charge on any atom is 0.416 e. The van der Waals surface area contributed by atoms with Crippen molar-refractivity contribution >= 4 is 5.91 Å². The lowest BCUT2D eigenvalue weighted by Crippen LogP contribution is -2.45. The predicted octanol–water partition coefficient (Wildman–Crippen LogP) is 3.10. The number of hydrogen-bond donors (Lipinski definition) is 1. The molecule has 21 heavy (non-hydrogen) atoms. The van der Waals surface area contributed by atoms with Crippen LogP contribution in [0.5, 0.6) is 0 Å². The number of amides is 1. The van der Waals surface area contributed by atoms with Crippen LogP contribution >= 0.6 is 0 Å². The molecule has 0 spiro atoms. The molecule has 0 radical (unpaired) electrons. The van der Waals surface area contributed by atoms with Crippen LogP contribution in [0.25, 0.3) is 0 Å². The highest BCUT2D eigenvalue weighted by atomic mass is 19.4. The number of carbonyl (C=O) groups is 1. The van der Waals surface area contributed by atoms with Crippen LogP contribution in [0.2, 0.25) is 0 Å². The minimum absolute atomic E-state index is 0.0695. The first-order valence-electron chi connectivity index (χ1n) is 6.76. The molecule has 1 heterocycles. The van der Waals surface area contributed by atoms with Crippen LogP contribution in [0.15, 0.2) is 24.3 Å². The van der Waals surface area contributed by atoms with Gasteiger partial charge in [-0.1, -0.05) is 12.1 Å². The van der Waals surface area contributed by atoms with Gasteiger partial charge in [0.2, 0.25) is 5.91 Å². The number of hydrogen-bond acceptors (Lipinski definition) is 2. The van der Waals surface area contributed by atoms with Gasteiger partial charge in [0.05, 0.1) is 11.6 Å². The lowest BCUT2D eigenvalue weighted by atomic mass is 9.96. The van der Waals surface area contributed by atoms with E-state index >= 15 is 0 Å². The first-order valence-corrected chi connectivity index (χ1v) is 6.76. The highest BCUT2D eigenvalue weighted by Gasteiger charge is 2.44. The van der Waals surface area contributed by atoms with E-state index in [0.717, 1.165) is 12.1 Å². The highest BCUT2D eigenvalue weighted by Crippen LogP contribution is 2.38.